The number of carbonyl (C=O) groups excluding carboxylic acids is 3. The highest BCUT2D eigenvalue weighted by Gasteiger charge is 2.54. The average molecular weight is 475 g/mol. The summed E-state index contributed by atoms with van der Waals surface area (Å²) in [4.78, 5) is 40.6. The molecule has 7 nitrogen and oxygen atoms in total. The largest absolute Gasteiger partial charge is 0.352 e. The molecule has 1 aliphatic carbocycles. The van der Waals surface area contributed by atoms with Gasteiger partial charge in [0, 0.05) is 31.6 Å². The zero-order valence-corrected chi connectivity index (χ0v) is 19.3. The molecule has 3 aliphatic heterocycles. The number of nitrogens with one attached hydrogen (secondary N) is 2. The molecule has 0 radical (unpaired) electrons. The van der Waals surface area contributed by atoms with Crippen LogP contribution in [0.2, 0.25) is 0 Å². The minimum atomic E-state index is -3.50. The predicted molar refractivity (Wildman–Crippen MR) is 122 cm³/mol. The second-order valence-electron chi connectivity index (χ2n) is 10.00. The smallest absolute Gasteiger partial charge is 0.343 e. The first-order valence-corrected chi connectivity index (χ1v) is 12.5. The van der Waals surface area contributed by atoms with Gasteiger partial charge in [0.2, 0.25) is 11.8 Å². The van der Waals surface area contributed by atoms with E-state index in [1.807, 2.05) is 0 Å². The molecule has 3 amide bonds. The monoisotopic (exact) mass is 474 g/mol. The Morgan fingerprint density at radius 1 is 1.06 bits per heavy atom. The van der Waals surface area contributed by atoms with Crippen LogP contribution in [0.5, 0.6) is 0 Å². The molecule has 1 saturated carbocycles. The number of benzene rings is 1. The summed E-state index contributed by atoms with van der Waals surface area (Å²) >= 11 is 0. The highest BCUT2D eigenvalue weighted by molar-refractivity contribution is 6.06. The molecule has 2 saturated heterocycles. The molecule has 1 aromatic carbocycles. The third-order valence-electron chi connectivity index (χ3n) is 7.89. The fourth-order valence-electron chi connectivity index (χ4n) is 6.06. The van der Waals surface area contributed by atoms with E-state index in [-0.39, 0.29) is 47.2 Å². The summed E-state index contributed by atoms with van der Waals surface area (Å²) in [7, 11) is 0. The number of halogens is 2. The zero-order chi connectivity index (χ0) is 23.9. The van der Waals surface area contributed by atoms with E-state index in [0.29, 0.717) is 45.2 Å². The maximum absolute atomic E-state index is 14.5. The van der Waals surface area contributed by atoms with Crippen molar-refractivity contribution in [3.05, 3.63) is 29.8 Å². The molecule has 1 aromatic rings. The van der Waals surface area contributed by atoms with Gasteiger partial charge >= 0.3 is 11.8 Å². The summed E-state index contributed by atoms with van der Waals surface area (Å²) in [5, 5.41) is 6.59. The van der Waals surface area contributed by atoms with Crippen LogP contribution in [0.3, 0.4) is 0 Å². The molecule has 9 heteroatoms. The van der Waals surface area contributed by atoms with Gasteiger partial charge in [0.15, 0.2) is 0 Å². The van der Waals surface area contributed by atoms with E-state index in [2.05, 4.69) is 10.6 Å². The van der Waals surface area contributed by atoms with E-state index in [9.17, 15) is 23.2 Å². The lowest BCUT2D eigenvalue weighted by Gasteiger charge is -2.40. The number of amides is 3. The lowest BCUT2D eigenvalue weighted by atomic mass is 9.82. The number of anilines is 1. The molecule has 0 spiro atoms. The van der Waals surface area contributed by atoms with Gasteiger partial charge in [0.1, 0.15) is 0 Å². The number of likely N-dealkylation sites (tertiary alicyclic amines) is 1. The Labute approximate surface area is 198 Å². The standard InChI is InChI=1S/C25H32F2N4O3/c26-25(27)18-7-2-4-9-20(18)31(24(25)34)16-12-14-30(15-13-16)22(32)11-5-10-21-28-19-8-3-1-6-17(19)23(33)29-21/h2,4,7,9,16-17,19,21,28H,1,3,5-6,8,10-15H2,(H,29,33). The van der Waals surface area contributed by atoms with Gasteiger partial charge in [-0.25, -0.2) is 0 Å². The van der Waals surface area contributed by atoms with Crippen molar-refractivity contribution >= 4 is 23.4 Å². The number of carbonyl (C=O) groups is 3. The first-order chi connectivity index (χ1) is 16.4. The summed E-state index contributed by atoms with van der Waals surface area (Å²) in [5.41, 5.74) is 0.0472. The van der Waals surface area contributed by atoms with Crippen molar-refractivity contribution in [1.29, 1.82) is 0 Å². The Kier molecular flexibility index (Phi) is 6.31. The highest BCUT2D eigenvalue weighted by Crippen LogP contribution is 2.46. The minimum absolute atomic E-state index is 0.0367. The van der Waals surface area contributed by atoms with Crippen LogP contribution >= 0.6 is 0 Å². The van der Waals surface area contributed by atoms with Gasteiger partial charge in [-0.2, -0.15) is 8.78 Å². The van der Waals surface area contributed by atoms with Crippen molar-refractivity contribution in [3.8, 4) is 0 Å². The third kappa shape index (κ3) is 4.19. The van der Waals surface area contributed by atoms with E-state index in [1.165, 1.54) is 17.0 Å². The van der Waals surface area contributed by atoms with Gasteiger partial charge < -0.3 is 15.1 Å². The van der Waals surface area contributed by atoms with Crippen LogP contribution in [0.25, 0.3) is 0 Å². The number of rotatable bonds is 5. The topological polar surface area (TPSA) is 81.8 Å². The van der Waals surface area contributed by atoms with Crippen LogP contribution in [-0.4, -0.2) is 54.0 Å². The number of piperidine rings is 1. The predicted octanol–water partition coefficient (Wildman–Crippen LogP) is 2.89. The Morgan fingerprint density at radius 3 is 2.59 bits per heavy atom. The molecule has 2 N–H and O–H groups in total. The van der Waals surface area contributed by atoms with Crippen LogP contribution in [0, 0.1) is 5.92 Å². The van der Waals surface area contributed by atoms with Gasteiger partial charge in [-0.1, -0.05) is 31.0 Å². The Morgan fingerprint density at radius 2 is 1.79 bits per heavy atom. The van der Waals surface area contributed by atoms with Gasteiger partial charge in [-0.3, -0.25) is 19.7 Å². The molecule has 3 atom stereocenters. The summed E-state index contributed by atoms with van der Waals surface area (Å²) in [6.45, 7) is 0.895. The molecular formula is C25H32F2N4O3. The molecule has 3 unspecified atom stereocenters. The zero-order valence-electron chi connectivity index (χ0n) is 19.3. The second kappa shape index (κ2) is 9.24. The third-order valence-corrected chi connectivity index (χ3v) is 7.89. The summed E-state index contributed by atoms with van der Waals surface area (Å²) in [5.74, 6) is -4.42. The van der Waals surface area contributed by atoms with Gasteiger partial charge in [0.25, 0.3) is 0 Å². The first kappa shape index (κ1) is 23.2. The Bertz CT molecular complexity index is 963. The SMILES string of the molecule is O=C1NC(CCCC(=O)N2CCC(N3C(=O)C(F)(F)c4ccccc43)CC2)NC2CCCCC12. The quantitative estimate of drug-likeness (QED) is 0.688. The molecule has 184 valence electrons. The lowest BCUT2D eigenvalue weighted by molar-refractivity contribution is -0.142. The summed E-state index contributed by atoms with van der Waals surface area (Å²) < 4.78 is 28.9. The first-order valence-electron chi connectivity index (χ1n) is 12.5. The molecule has 4 aliphatic rings. The van der Waals surface area contributed by atoms with Crippen molar-refractivity contribution in [2.24, 2.45) is 5.92 Å². The molecule has 3 fully saturated rings. The van der Waals surface area contributed by atoms with Crippen molar-refractivity contribution in [1.82, 2.24) is 15.5 Å². The van der Waals surface area contributed by atoms with E-state index < -0.39 is 11.8 Å². The van der Waals surface area contributed by atoms with E-state index in [0.717, 1.165) is 25.7 Å². The molecule has 34 heavy (non-hydrogen) atoms. The number of alkyl halides is 2. The van der Waals surface area contributed by atoms with Crippen molar-refractivity contribution < 1.29 is 23.2 Å². The number of fused-ring (bicyclic) bond motifs is 2. The Hall–Kier alpha value is -2.55. The molecule has 0 bridgehead atoms. The second-order valence-corrected chi connectivity index (χ2v) is 10.00. The van der Waals surface area contributed by atoms with Gasteiger partial charge in [0.05, 0.1) is 23.3 Å². The van der Waals surface area contributed by atoms with Crippen LogP contribution < -0.4 is 15.5 Å². The summed E-state index contributed by atoms with van der Waals surface area (Å²) in [6, 6.07) is 5.97. The molecule has 5 rings (SSSR count). The molecule has 3 heterocycles. The number of hydrogen-bond acceptors (Lipinski definition) is 4. The van der Waals surface area contributed by atoms with Crippen LogP contribution in [0.1, 0.15) is 63.4 Å². The normalized spacial score (nSPS) is 28.9. The number of nitrogens with zero attached hydrogens (tertiary/aromatic N) is 2. The van der Waals surface area contributed by atoms with E-state index in [1.54, 1.807) is 17.0 Å². The maximum atomic E-state index is 14.5. The van der Waals surface area contributed by atoms with E-state index >= 15 is 0 Å². The van der Waals surface area contributed by atoms with Crippen molar-refractivity contribution in [3.63, 3.8) is 0 Å². The van der Waals surface area contributed by atoms with Crippen LogP contribution in [0.4, 0.5) is 14.5 Å². The number of hydrogen-bond donors (Lipinski definition) is 2. The van der Waals surface area contributed by atoms with Crippen molar-refractivity contribution in [2.45, 2.75) is 82.0 Å². The van der Waals surface area contributed by atoms with Gasteiger partial charge in [-0.05, 0) is 44.6 Å². The molecule has 0 aromatic heterocycles. The highest BCUT2D eigenvalue weighted by atomic mass is 19.3. The average Bonchev–Trinajstić information content (AvgIpc) is 3.04. The lowest BCUT2D eigenvalue weighted by Crippen LogP contribution is -2.62. The summed E-state index contributed by atoms with van der Waals surface area (Å²) in [6.07, 6.45) is 6.83. The maximum Gasteiger partial charge on any atom is 0.352 e. The van der Waals surface area contributed by atoms with Crippen molar-refractivity contribution in [2.75, 3.05) is 18.0 Å². The number of para-hydroxylation sites is 1. The fraction of sp³-hybridized carbons (Fsp3) is 0.640. The minimum Gasteiger partial charge on any atom is -0.343 e. The Balaban J connectivity index is 1.10. The van der Waals surface area contributed by atoms with E-state index in [4.69, 9.17) is 0 Å². The fourth-order valence-corrected chi connectivity index (χ4v) is 6.06. The molecular weight excluding hydrogens is 442 g/mol. The van der Waals surface area contributed by atoms with Crippen LogP contribution in [-0.2, 0) is 20.3 Å². The van der Waals surface area contributed by atoms with Crippen LogP contribution in [0.15, 0.2) is 24.3 Å². The van der Waals surface area contributed by atoms with Gasteiger partial charge in [-0.15, -0.1) is 0 Å².